The minimum atomic E-state index is -0.384. The topological polar surface area (TPSA) is 64.3 Å². The molecule has 1 aromatic heterocycles. The summed E-state index contributed by atoms with van der Waals surface area (Å²) in [6.07, 6.45) is 0. The van der Waals surface area contributed by atoms with E-state index >= 15 is 0 Å². The van der Waals surface area contributed by atoms with Crippen LogP contribution in [0.4, 0.5) is 11.4 Å². The lowest BCUT2D eigenvalue weighted by molar-refractivity contribution is 0.0601. The molecule has 0 fully saturated rings. The maximum absolute atomic E-state index is 11.4. The molecule has 2 aromatic rings. The van der Waals surface area contributed by atoms with Crippen LogP contribution >= 0.6 is 11.3 Å². The van der Waals surface area contributed by atoms with E-state index in [2.05, 4.69) is 36.0 Å². The number of esters is 1. The maximum atomic E-state index is 11.4. The molecule has 5 heteroatoms. The molecule has 3 N–H and O–H groups in total. The number of aryl methyl sites for hydroxylation is 1. The van der Waals surface area contributed by atoms with Crippen LogP contribution in [0.1, 0.15) is 33.1 Å². The highest BCUT2D eigenvalue weighted by atomic mass is 32.1. The van der Waals surface area contributed by atoms with Gasteiger partial charge in [-0.1, -0.05) is 0 Å². The third-order valence-corrected chi connectivity index (χ3v) is 4.22. The van der Waals surface area contributed by atoms with E-state index < -0.39 is 0 Å². The van der Waals surface area contributed by atoms with E-state index in [1.54, 1.807) is 29.5 Å². The Kier molecular flexibility index (Phi) is 4.29. The van der Waals surface area contributed by atoms with Gasteiger partial charge in [0.25, 0.3) is 0 Å². The molecule has 1 atom stereocenters. The average Bonchev–Trinajstić information content (AvgIpc) is 2.86. The normalized spacial score (nSPS) is 11.9. The van der Waals surface area contributed by atoms with E-state index in [4.69, 9.17) is 5.73 Å². The van der Waals surface area contributed by atoms with Gasteiger partial charge in [0.2, 0.25) is 0 Å². The molecule has 0 radical (unpaired) electrons. The zero-order valence-corrected chi connectivity index (χ0v) is 12.6. The predicted octanol–water partition coefficient (Wildman–Crippen LogP) is 3.60. The molecule has 0 aliphatic carbocycles. The van der Waals surface area contributed by atoms with Gasteiger partial charge in [-0.3, -0.25) is 0 Å². The quantitative estimate of drug-likeness (QED) is 0.667. The summed E-state index contributed by atoms with van der Waals surface area (Å²) in [5, 5.41) is 3.36. The molecule has 0 aliphatic rings. The fraction of sp³-hybridized carbons (Fsp3) is 0.267. The molecular formula is C15H18N2O2S. The number of nitrogens with two attached hydrogens (primary N) is 1. The van der Waals surface area contributed by atoms with Crippen molar-refractivity contribution < 1.29 is 9.53 Å². The molecular weight excluding hydrogens is 272 g/mol. The highest BCUT2D eigenvalue weighted by Crippen LogP contribution is 2.28. The third-order valence-electron chi connectivity index (χ3n) is 3.03. The minimum Gasteiger partial charge on any atom is -0.465 e. The van der Waals surface area contributed by atoms with Crippen molar-refractivity contribution >= 4 is 28.7 Å². The van der Waals surface area contributed by atoms with Crippen molar-refractivity contribution in [3.05, 3.63) is 45.6 Å². The zero-order chi connectivity index (χ0) is 14.7. The largest absolute Gasteiger partial charge is 0.465 e. The van der Waals surface area contributed by atoms with Gasteiger partial charge in [-0.15, -0.1) is 11.3 Å². The SMILES string of the molecule is COC(=O)c1ccc(NC(C)c2ccc(C)s2)c(N)c1. The summed E-state index contributed by atoms with van der Waals surface area (Å²) >= 11 is 1.76. The molecule has 2 rings (SSSR count). The zero-order valence-electron chi connectivity index (χ0n) is 11.8. The number of nitrogens with one attached hydrogen (secondary N) is 1. The second-order valence-electron chi connectivity index (χ2n) is 4.61. The van der Waals surface area contributed by atoms with Crippen LogP contribution in [-0.2, 0) is 4.74 Å². The molecule has 1 heterocycles. The molecule has 1 aromatic carbocycles. The van der Waals surface area contributed by atoms with Gasteiger partial charge in [-0.05, 0) is 44.2 Å². The van der Waals surface area contributed by atoms with E-state index in [0.717, 1.165) is 5.69 Å². The molecule has 1 unspecified atom stereocenters. The summed E-state index contributed by atoms with van der Waals surface area (Å²) in [6, 6.07) is 9.51. The van der Waals surface area contributed by atoms with Gasteiger partial charge in [0.1, 0.15) is 0 Å². The fourth-order valence-corrected chi connectivity index (χ4v) is 2.81. The lowest BCUT2D eigenvalue weighted by Crippen LogP contribution is -2.08. The van der Waals surface area contributed by atoms with E-state index in [-0.39, 0.29) is 12.0 Å². The third kappa shape index (κ3) is 3.11. The van der Waals surface area contributed by atoms with Crippen LogP contribution in [-0.4, -0.2) is 13.1 Å². The van der Waals surface area contributed by atoms with Crippen molar-refractivity contribution in [3.8, 4) is 0 Å². The Labute approximate surface area is 122 Å². The van der Waals surface area contributed by atoms with Crippen LogP contribution < -0.4 is 11.1 Å². The van der Waals surface area contributed by atoms with Crippen LogP contribution in [0.2, 0.25) is 0 Å². The van der Waals surface area contributed by atoms with Gasteiger partial charge in [0.15, 0.2) is 0 Å². The van der Waals surface area contributed by atoms with Crippen molar-refractivity contribution in [2.24, 2.45) is 0 Å². The van der Waals surface area contributed by atoms with Gasteiger partial charge in [-0.2, -0.15) is 0 Å². The van der Waals surface area contributed by atoms with Crippen LogP contribution in [0.15, 0.2) is 30.3 Å². The number of hydrogen-bond donors (Lipinski definition) is 2. The highest BCUT2D eigenvalue weighted by molar-refractivity contribution is 7.12. The van der Waals surface area contributed by atoms with E-state index in [1.807, 2.05) is 0 Å². The molecule has 0 bridgehead atoms. The van der Waals surface area contributed by atoms with Crippen molar-refractivity contribution in [2.45, 2.75) is 19.9 Å². The molecule has 106 valence electrons. The lowest BCUT2D eigenvalue weighted by atomic mass is 10.1. The van der Waals surface area contributed by atoms with Gasteiger partial charge in [0.05, 0.1) is 30.1 Å². The number of carbonyl (C=O) groups excluding carboxylic acids is 1. The summed E-state index contributed by atoms with van der Waals surface area (Å²) in [4.78, 5) is 14.0. The van der Waals surface area contributed by atoms with Gasteiger partial charge in [0, 0.05) is 9.75 Å². The first kappa shape index (κ1) is 14.4. The molecule has 0 aliphatic heterocycles. The average molecular weight is 290 g/mol. The number of hydrogen-bond acceptors (Lipinski definition) is 5. The van der Waals surface area contributed by atoms with Gasteiger partial charge in [-0.25, -0.2) is 4.79 Å². The number of ether oxygens (including phenoxy) is 1. The smallest absolute Gasteiger partial charge is 0.337 e. The van der Waals surface area contributed by atoms with Crippen molar-refractivity contribution in [1.82, 2.24) is 0 Å². The lowest BCUT2D eigenvalue weighted by Gasteiger charge is -2.16. The van der Waals surface area contributed by atoms with Crippen LogP contribution in [0.5, 0.6) is 0 Å². The summed E-state index contributed by atoms with van der Waals surface area (Å²) in [5.41, 5.74) is 7.78. The predicted molar refractivity (Wildman–Crippen MR) is 83.3 cm³/mol. The Morgan fingerprint density at radius 3 is 2.65 bits per heavy atom. The fourth-order valence-electron chi connectivity index (χ4n) is 1.93. The van der Waals surface area contributed by atoms with Crippen LogP contribution in [0.25, 0.3) is 0 Å². The second-order valence-corrected chi connectivity index (χ2v) is 5.93. The van der Waals surface area contributed by atoms with E-state index in [1.165, 1.54) is 16.9 Å². The first-order valence-electron chi connectivity index (χ1n) is 6.32. The number of nitrogen functional groups attached to an aromatic ring is 1. The van der Waals surface area contributed by atoms with Crippen LogP contribution in [0, 0.1) is 6.92 Å². The number of thiophene rings is 1. The monoisotopic (exact) mass is 290 g/mol. The summed E-state index contributed by atoms with van der Waals surface area (Å²) in [7, 11) is 1.35. The first-order chi connectivity index (χ1) is 9.51. The number of carbonyl (C=O) groups is 1. The Balaban J connectivity index is 2.15. The second kappa shape index (κ2) is 5.96. The summed E-state index contributed by atoms with van der Waals surface area (Å²) in [5.74, 6) is -0.384. The molecule has 4 nitrogen and oxygen atoms in total. The number of methoxy groups -OCH3 is 1. The van der Waals surface area contributed by atoms with Crippen molar-refractivity contribution in [1.29, 1.82) is 0 Å². The molecule has 0 saturated heterocycles. The van der Waals surface area contributed by atoms with E-state index in [0.29, 0.717) is 11.3 Å². The minimum absolute atomic E-state index is 0.167. The van der Waals surface area contributed by atoms with Gasteiger partial charge >= 0.3 is 5.97 Å². The van der Waals surface area contributed by atoms with Gasteiger partial charge < -0.3 is 15.8 Å². The highest BCUT2D eigenvalue weighted by Gasteiger charge is 2.11. The molecule has 0 spiro atoms. The Morgan fingerprint density at radius 2 is 2.10 bits per heavy atom. The number of benzene rings is 1. The molecule has 0 amide bonds. The molecule has 0 saturated carbocycles. The molecule has 20 heavy (non-hydrogen) atoms. The number of rotatable bonds is 4. The van der Waals surface area contributed by atoms with Crippen molar-refractivity contribution in [2.75, 3.05) is 18.2 Å². The first-order valence-corrected chi connectivity index (χ1v) is 7.13. The Hall–Kier alpha value is -2.01. The van der Waals surface area contributed by atoms with E-state index in [9.17, 15) is 4.79 Å². The summed E-state index contributed by atoms with van der Waals surface area (Å²) < 4.78 is 4.67. The standard InChI is InChI=1S/C15H18N2O2S/c1-9-4-7-14(20-9)10(2)17-13-6-5-11(8-12(13)16)15(18)19-3/h4-8,10,17H,16H2,1-3H3. The maximum Gasteiger partial charge on any atom is 0.337 e. The van der Waals surface area contributed by atoms with Crippen LogP contribution in [0.3, 0.4) is 0 Å². The summed E-state index contributed by atoms with van der Waals surface area (Å²) in [6.45, 7) is 4.17. The Bertz CT molecular complexity index is 622. The van der Waals surface area contributed by atoms with Crippen molar-refractivity contribution in [3.63, 3.8) is 0 Å². The Morgan fingerprint density at radius 1 is 1.35 bits per heavy atom. The number of anilines is 2.